The van der Waals surface area contributed by atoms with Crippen LogP contribution in [0.4, 0.5) is 0 Å². The van der Waals surface area contributed by atoms with Crippen LogP contribution in [0.3, 0.4) is 0 Å². The molecule has 1 amide bonds. The van der Waals surface area contributed by atoms with Crippen LogP contribution in [-0.4, -0.2) is 38.7 Å². The van der Waals surface area contributed by atoms with Gasteiger partial charge in [0, 0.05) is 32.5 Å². The molecule has 0 spiro atoms. The Morgan fingerprint density at radius 1 is 1.40 bits per heavy atom. The van der Waals surface area contributed by atoms with Crippen LogP contribution in [0.25, 0.3) is 0 Å². The molecule has 0 aromatic carbocycles. The molecule has 0 radical (unpaired) electrons. The molecule has 1 N–H and O–H groups in total. The quantitative estimate of drug-likeness (QED) is 0.824. The first-order valence-electron chi connectivity index (χ1n) is 9.64. The molecule has 1 aromatic rings. The van der Waals surface area contributed by atoms with Crippen LogP contribution in [0.2, 0.25) is 0 Å². The van der Waals surface area contributed by atoms with E-state index in [1.807, 2.05) is 11.6 Å². The van der Waals surface area contributed by atoms with Crippen LogP contribution < -0.4 is 0 Å². The summed E-state index contributed by atoms with van der Waals surface area (Å²) >= 11 is 5.23. The molecule has 1 aromatic heterocycles. The standard InChI is InChI=1S/C19H32N4OS/c1-13-8-14(11-19(2,3)10-13)9-16(24)23-7-5-6-15(12-23)17-20-21-18(25)22(17)4/h13-15H,5-12H2,1-4H3,(H,21,25)/t13-,14+,15-/m1/s1. The Morgan fingerprint density at radius 3 is 2.80 bits per heavy atom. The molecular formula is C19H32N4OS. The van der Waals surface area contributed by atoms with Crippen LogP contribution in [0, 0.1) is 22.0 Å². The smallest absolute Gasteiger partial charge is 0.222 e. The van der Waals surface area contributed by atoms with E-state index in [4.69, 9.17) is 12.2 Å². The van der Waals surface area contributed by atoms with Gasteiger partial charge in [-0.15, -0.1) is 0 Å². The number of nitrogens with one attached hydrogen (secondary N) is 1. The first-order valence-corrected chi connectivity index (χ1v) is 10.0. The normalized spacial score (nSPS) is 29.6. The summed E-state index contributed by atoms with van der Waals surface area (Å²) in [6.07, 6.45) is 6.48. The fourth-order valence-electron chi connectivity index (χ4n) is 5.21. The van der Waals surface area contributed by atoms with Gasteiger partial charge in [0.15, 0.2) is 4.77 Å². The van der Waals surface area contributed by atoms with Gasteiger partial charge in [0.1, 0.15) is 5.82 Å². The van der Waals surface area contributed by atoms with Gasteiger partial charge in [0.25, 0.3) is 0 Å². The summed E-state index contributed by atoms with van der Waals surface area (Å²) in [6.45, 7) is 8.69. The minimum Gasteiger partial charge on any atom is -0.342 e. The highest BCUT2D eigenvalue weighted by molar-refractivity contribution is 7.71. The maximum Gasteiger partial charge on any atom is 0.222 e. The Morgan fingerprint density at radius 2 is 2.16 bits per heavy atom. The van der Waals surface area contributed by atoms with Crippen LogP contribution >= 0.6 is 12.2 Å². The third-order valence-corrected chi connectivity index (χ3v) is 6.36. The highest BCUT2D eigenvalue weighted by Crippen LogP contribution is 2.43. The summed E-state index contributed by atoms with van der Waals surface area (Å²) in [5.74, 6) is 2.86. The minimum absolute atomic E-state index is 0.289. The lowest BCUT2D eigenvalue weighted by Gasteiger charge is -2.40. The van der Waals surface area contributed by atoms with Gasteiger partial charge in [-0.25, -0.2) is 0 Å². The number of aromatic amines is 1. The maximum atomic E-state index is 12.9. The second-order valence-corrected chi connectivity index (χ2v) is 9.50. The van der Waals surface area contributed by atoms with Gasteiger partial charge in [-0.1, -0.05) is 20.8 Å². The fourth-order valence-corrected chi connectivity index (χ4v) is 5.35. The Bertz CT molecular complexity index is 677. The summed E-state index contributed by atoms with van der Waals surface area (Å²) in [4.78, 5) is 15.0. The van der Waals surface area contributed by atoms with E-state index in [0.717, 1.165) is 37.7 Å². The van der Waals surface area contributed by atoms with E-state index >= 15 is 0 Å². The predicted molar refractivity (Wildman–Crippen MR) is 102 cm³/mol. The molecule has 1 saturated heterocycles. The van der Waals surface area contributed by atoms with Crippen LogP contribution in [-0.2, 0) is 11.8 Å². The van der Waals surface area contributed by atoms with E-state index in [1.165, 1.54) is 19.3 Å². The van der Waals surface area contributed by atoms with Crippen molar-refractivity contribution >= 4 is 18.1 Å². The molecule has 2 heterocycles. The maximum absolute atomic E-state index is 12.9. The highest BCUT2D eigenvalue weighted by Gasteiger charge is 2.35. The van der Waals surface area contributed by atoms with E-state index in [0.29, 0.717) is 28.4 Å². The Hall–Kier alpha value is -1.17. The lowest BCUT2D eigenvalue weighted by molar-refractivity contribution is -0.134. The van der Waals surface area contributed by atoms with Crippen molar-refractivity contribution in [2.75, 3.05) is 13.1 Å². The number of aromatic nitrogens is 3. The third-order valence-electron chi connectivity index (χ3n) is 5.99. The van der Waals surface area contributed by atoms with Crippen molar-refractivity contribution in [3.05, 3.63) is 10.6 Å². The molecule has 2 aliphatic rings. The fraction of sp³-hybridized carbons (Fsp3) is 0.842. The summed E-state index contributed by atoms with van der Waals surface area (Å²) < 4.78 is 2.59. The Kier molecular flexibility index (Phi) is 5.37. The molecule has 3 atom stereocenters. The average molecular weight is 365 g/mol. The first kappa shape index (κ1) is 18.6. The van der Waals surface area contributed by atoms with Crippen molar-refractivity contribution in [3.63, 3.8) is 0 Å². The van der Waals surface area contributed by atoms with Gasteiger partial charge >= 0.3 is 0 Å². The third kappa shape index (κ3) is 4.33. The molecule has 1 aliphatic heterocycles. The Balaban J connectivity index is 1.62. The van der Waals surface area contributed by atoms with E-state index in [9.17, 15) is 4.79 Å². The molecule has 140 valence electrons. The van der Waals surface area contributed by atoms with Gasteiger partial charge in [-0.2, -0.15) is 5.10 Å². The number of rotatable bonds is 3. The average Bonchev–Trinajstić information content (AvgIpc) is 2.85. The lowest BCUT2D eigenvalue weighted by Crippen LogP contribution is -2.41. The lowest BCUT2D eigenvalue weighted by atomic mass is 9.67. The molecule has 6 heteroatoms. The number of amides is 1. The van der Waals surface area contributed by atoms with Crippen molar-refractivity contribution in [2.24, 2.45) is 24.3 Å². The largest absolute Gasteiger partial charge is 0.342 e. The number of piperidine rings is 1. The first-order chi connectivity index (χ1) is 11.7. The van der Waals surface area contributed by atoms with Gasteiger partial charge in [-0.3, -0.25) is 9.89 Å². The number of H-pyrrole nitrogens is 1. The van der Waals surface area contributed by atoms with Crippen molar-refractivity contribution in [2.45, 2.75) is 65.2 Å². The topological polar surface area (TPSA) is 53.9 Å². The molecule has 25 heavy (non-hydrogen) atoms. The molecule has 5 nitrogen and oxygen atoms in total. The predicted octanol–water partition coefficient (Wildman–Crippen LogP) is 4.04. The van der Waals surface area contributed by atoms with Crippen LogP contribution in [0.1, 0.15) is 71.0 Å². The summed E-state index contributed by atoms with van der Waals surface area (Å²) in [7, 11) is 1.95. The van der Waals surface area contributed by atoms with Crippen molar-refractivity contribution in [1.82, 2.24) is 19.7 Å². The van der Waals surface area contributed by atoms with E-state index in [-0.39, 0.29) is 5.92 Å². The zero-order valence-electron chi connectivity index (χ0n) is 16.0. The van der Waals surface area contributed by atoms with Gasteiger partial charge < -0.3 is 9.47 Å². The Labute approximate surface area is 156 Å². The summed E-state index contributed by atoms with van der Waals surface area (Å²) in [6, 6.07) is 0. The number of hydrogen-bond donors (Lipinski definition) is 1. The SMILES string of the molecule is C[C@@H]1C[C@@H](CC(=O)N2CCC[C@@H](c3n[nH]c(=S)n3C)C2)CC(C)(C)C1. The zero-order chi connectivity index (χ0) is 18.2. The molecule has 1 aliphatic carbocycles. The van der Waals surface area contributed by atoms with Gasteiger partial charge in [0.05, 0.1) is 0 Å². The van der Waals surface area contributed by atoms with Crippen molar-refractivity contribution in [1.29, 1.82) is 0 Å². The second kappa shape index (κ2) is 7.22. The number of carbonyl (C=O) groups is 1. The monoisotopic (exact) mass is 364 g/mol. The van der Waals surface area contributed by atoms with Crippen molar-refractivity contribution in [3.8, 4) is 0 Å². The van der Waals surface area contributed by atoms with Crippen LogP contribution in [0.5, 0.6) is 0 Å². The summed E-state index contributed by atoms with van der Waals surface area (Å²) in [5, 5.41) is 7.26. The van der Waals surface area contributed by atoms with Gasteiger partial charge in [0.2, 0.25) is 5.91 Å². The number of likely N-dealkylation sites (tertiary alicyclic amines) is 1. The number of hydrogen-bond acceptors (Lipinski definition) is 3. The molecular weight excluding hydrogens is 332 g/mol. The van der Waals surface area contributed by atoms with Gasteiger partial charge in [-0.05, 0) is 61.6 Å². The zero-order valence-corrected chi connectivity index (χ0v) is 16.9. The van der Waals surface area contributed by atoms with E-state index in [1.54, 1.807) is 0 Å². The number of carbonyl (C=O) groups excluding carboxylic acids is 1. The molecule has 0 unspecified atom stereocenters. The molecule has 0 bridgehead atoms. The minimum atomic E-state index is 0.289. The molecule has 1 saturated carbocycles. The molecule has 3 rings (SSSR count). The van der Waals surface area contributed by atoms with Crippen LogP contribution in [0.15, 0.2) is 0 Å². The highest BCUT2D eigenvalue weighted by atomic mass is 32.1. The van der Waals surface area contributed by atoms with E-state index < -0.39 is 0 Å². The molecule has 2 fully saturated rings. The second-order valence-electron chi connectivity index (χ2n) is 9.11. The number of nitrogens with zero attached hydrogens (tertiary/aromatic N) is 3. The van der Waals surface area contributed by atoms with Crippen molar-refractivity contribution < 1.29 is 4.79 Å². The summed E-state index contributed by atoms with van der Waals surface area (Å²) in [5.41, 5.74) is 0.371. The van der Waals surface area contributed by atoms with E-state index in [2.05, 4.69) is 35.9 Å².